The van der Waals surface area contributed by atoms with Gasteiger partial charge in [0.1, 0.15) is 0 Å². The minimum absolute atomic E-state index is 0.142. The lowest BCUT2D eigenvalue weighted by molar-refractivity contribution is -0.106. The van der Waals surface area contributed by atoms with E-state index >= 15 is 0 Å². The molecule has 0 aromatic rings. The topological polar surface area (TPSA) is 26.0 Å². The molecule has 3 rings (SSSR count). The standard InChI is InChI=1S/C18H33N/c1-12-7-9-17(4)15(11-12)8-10-18(19)14(3)13(2)5-6-16(17)18/h12-16H,5-11,19H2,1-4H3. The Kier molecular flexibility index (Phi) is 3.28. The van der Waals surface area contributed by atoms with E-state index in [1.165, 1.54) is 44.9 Å². The van der Waals surface area contributed by atoms with E-state index in [1.54, 1.807) is 0 Å². The van der Waals surface area contributed by atoms with Gasteiger partial charge in [0.2, 0.25) is 0 Å². The molecule has 1 heteroatoms. The second-order valence-corrected chi connectivity index (χ2v) is 8.63. The molecule has 3 fully saturated rings. The highest BCUT2D eigenvalue weighted by Crippen LogP contribution is 2.62. The molecule has 3 aliphatic carbocycles. The van der Waals surface area contributed by atoms with E-state index in [0.29, 0.717) is 11.3 Å². The molecule has 0 aromatic heterocycles. The maximum absolute atomic E-state index is 7.03. The monoisotopic (exact) mass is 263 g/mol. The molecular formula is C18H33N. The van der Waals surface area contributed by atoms with Gasteiger partial charge in [0.05, 0.1) is 0 Å². The Morgan fingerprint density at radius 2 is 1.68 bits per heavy atom. The minimum Gasteiger partial charge on any atom is -0.325 e. The lowest BCUT2D eigenvalue weighted by Gasteiger charge is -2.63. The van der Waals surface area contributed by atoms with Gasteiger partial charge in [-0.25, -0.2) is 0 Å². The van der Waals surface area contributed by atoms with Gasteiger partial charge < -0.3 is 5.73 Å². The molecule has 0 amide bonds. The molecule has 3 aliphatic rings. The van der Waals surface area contributed by atoms with Crippen molar-refractivity contribution in [2.45, 2.75) is 78.2 Å². The first kappa shape index (κ1) is 13.9. The summed E-state index contributed by atoms with van der Waals surface area (Å²) in [6.45, 7) is 9.91. The van der Waals surface area contributed by atoms with E-state index in [-0.39, 0.29) is 5.54 Å². The Balaban J connectivity index is 1.91. The van der Waals surface area contributed by atoms with Gasteiger partial charge in [-0.15, -0.1) is 0 Å². The molecule has 19 heavy (non-hydrogen) atoms. The minimum atomic E-state index is 0.142. The fourth-order valence-electron chi connectivity index (χ4n) is 6.11. The molecule has 7 unspecified atom stereocenters. The van der Waals surface area contributed by atoms with Crippen molar-refractivity contribution in [2.75, 3.05) is 0 Å². The SMILES string of the molecule is CC1CCC2(C)C(CCC3(N)C(C)C(C)CCC23)C1. The molecule has 3 saturated carbocycles. The molecule has 0 saturated heterocycles. The van der Waals surface area contributed by atoms with Crippen molar-refractivity contribution in [1.82, 2.24) is 0 Å². The smallest absolute Gasteiger partial charge is 0.0216 e. The Labute approximate surface area is 119 Å². The summed E-state index contributed by atoms with van der Waals surface area (Å²) in [6.07, 6.45) is 9.81. The van der Waals surface area contributed by atoms with Crippen LogP contribution < -0.4 is 5.73 Å². The highest BCUT2D eigenvalue weighted by Gasteiger charge is 2.58. The second-order valence-electron chi connectivity index (χ2n) is 8.63. The Bertz CT molecular complexity index is 352. The van der Waals surface area contributed by atoms with Gasteiger partial charge in [-0.3, -0.25) is 0 Å². The van der Waals surface area contributed by atoms with Gasteiger partial charge in [-0.2, -0.15) is 0 Å². The van der Waals surface area contributed by atoms with Crippen LogP contribution in [0.4, 0.5) is 0 Å². The van der Waals surface area contributed by atoms with Crippen LogP contribution in [0.15, 0.2) is 0 Å². The van der Waals surface area contributed by atoms with Crippen molar-refractivity contribution >= 4 is 0 Å². The van der Waals surface area contributed by atoms with Crippen LogP contribution >= 0.6 is 0 Å². The van der Waals surface area contributed by atoms with Crippen LogP contribution in [0.1, 0.15) is 72.6 Å². The highest BCUT2D eigenvalue weighted by atomic mass is 14.8. The predicted octanol–water partition coefficient (Wildman–Crippen LogP) is 4.60. The lowest BCUT2D eigenvalue weighted by Crippen LogP contribution is -2.65. The molecule has 7 atom stereocenters. The highest BCUT2D eigenvalue weighted by molar-refractivity contribution is 5.11. The molecule has 2 N–H and O–H groups in total. The van der Waals surface area contributed by atoms with E-state index in [9.17, 15) is 0 Å². The van der Waals surface area contributed by atoms with Gasteiger partial charge in [0.25, 0.3) is 0 Å². The third-order valence-electron chi connectivity index (χ3n) is 7.78. The van der Waals surface area contributed by atoms with Crippen LogP contribution in [0.5, 0.6) is 0 Å². The third-order valence-corrected chi connectivity index (χ3v) is 7.78. The maximum atomic E-state index is 7.03. The van der Waals surface area contributed by atoms with Crippen molar-refractivity contribution in [2.24, 2.45) is 40.7 Å². The Morgan fingerprint density at radius 3 is 2.42 bits per heavy atom. The Hall–Kier alpha value is -0.0400. The van der Waals surface area contributed by atoms with Gasteiger partial charge >= 0.3 is 0 Å². The molecule has 0 spiro atoms. The normalized spacial score (nSPS) is 58.3. The summed E-state index contributed by atoms with van der Waals surface area (Å²) in [7, 11) is 0. The van der Waals surface area contributed by atoms with E-state index in [2.05, 4.69) is 27.7 Å². The molecule has 0 heterocycles. The van der Waals surface area contributed by atoms with Crippen molar-refractivity contribution in [3.8, 4) is 0 Å². The first-order valence-electron chi connectivity index (χ1n) is 8.67. The second kappa shape index (κ2) is 4.48. The van der Waals surface area contributed by atoms with Crippen LogP contribution in [-0.4, -0.2) is 5.54 Å². The van der Waals surface area contributed by atoms with Crippen LogP contribution in [0, 0.1) is 35.0 Å². The average Bonchev–Trinajstić information content (AvgIpc) is 2.37. The molecular weight excluding hydrogens is 230 g/mol. The number of nitrogens with two attached hydrogens (primary N) is 1. The first-order valence-corrected chi connectivity index (χ1v) is 8.67. The molecule has 0 aromatic carbocycles. The number of rotatable bonds is 0. The van der Waals surface area contributed by atoms with Gasteiger partial charge in [0, 0.05) is 5.54 Å². The van der Waals surface area contributed by atoms with E-state index in [0.717, 1.165) is 23.7 Å². The zero-order chi connectivity index (χ0) is 13.8. The van der Waals surface area contributed by atoms with Gasteiger partial charge in [-0.05, 0) is 67.1 Å². The fourth-order valence-corrected chi connectivity index (χ4v) is 6.11. The Morgan fingerprint density at radius 1 is 0.947 bits per heavy atom. The van der Waals surface area contributed by atoms with Crippen molar-refractivity contribution in [1.29, 1.82) is 0 Å². The average molecular weight is 263 g/mol. The zero-order valence-corrected chi connectivity index (χ0v) is 13.4. The maximum Gasteiger partial charge on any atom is 0.0216 e. The lowest BCUT2D eigenvalue weighted by atomic mass is 9.44. The summed E-state index contributed by atoms with van der Waals surface area (Å²) in [5.41, 5.74) is 7.72. The summed E-state index contributed by atoms with van der Waals surface area (Å²) in [6, 6.07) is 0. The summed E-state index contributed by atoms with van der Waals surface area (Å²) in [5, 5.41) is 0. The molecule has 0 radical (unpaired) electrons. The summed E-state index contributed by atoms with van der Waals surface area (Å²) < 4.78 is 0. The van der Waals surface area contributed by atoms with Gasteiger partial charge in [-0.1, -0.05) is 40.5 Å². The van der Waals surface area contributed by atoms with E-state index in [1.807, 2.05) is 0 Å². The number of fused-ring (bicyclic) bond motifs is 3. The van der Waals surface area contributed by atoms with Crippen LogP contribution in [0.3, 0.4) is 0 Å². The quantitative estimate of drug-likeness (QED) is 0.679. The first-order chi connectivity index (χ1) is 8.88. The summed E-state index contributed by atoms with van der Waals surface area (Å²) in [5.74, 6) is 4.23. The fraction of sp³-hybridized carbons (Fsp3) is 1.00. The summed E-state index contributed by atoms with van der Waals surface area (Å²) in [4.78, 5) is 0. The van der Waals surface area contributed by atoms with Crippen molar-refractivity contribution in [3.05, 3.63) is 0 Å². The molecule has 0 bridgehead atoms. The van der Waals surface area contributed by atoms with E-state index in [4.69, 9.17) is 5.73 Å². The van der Waals surface area contributed by atoms with Crippen LogP contribution in [-0.2, 0) is 0 Å². The number of hydrogen-bond donors (Lipinski definition) is 1. The molecule has 110 valence electrons. The third kappa shape index (κ3) is 1.91. The molecule has 1 nitrogen and oxygen atoms in total. The van der Waals surface area contributed by atoms with Crippen molar-refractivity contribution in [3.63, 3.8) is 0 Å². The number of hydrogen-bond acceptors (Lipinski definition) is 1. The van der Waals surface area contributed by atoms with Crippen molar-refractivity contribution < 1.29 is 0 Å². The summed E-state index contributed by atoms with van der Waals surface area (Å²) >= 11 is 0. The zero-order valence-electron chi connectivity index (χ0n) is 13.4. The van der Waals surface area contributed by atoms with Crippen LogP contribution in [0.25, 0.3) is 0 Å². The molecule has 0 aliphatic heterocycles. The van der Waals surface area contributed by atoms with Gasteiger partial charge in [0.15, 0.2) is 0 Å². The van der Waals surface area contributed by atoms with E-state index < -0.39 is 0 Å². The predicted molar refractivity (Wildman–Crippen MR) is 81.8 cm³/mol. The van der Waals surface area contributed by atoms with Crippen LogP contribution in [0.2, 0.25) is 0 Å². The largest absolute Gasteiger partial charge is 0.325 e.